The van der Waals surface area contributed by atoms with Gasteiger partial charge < -0.3 is 14.7 Å². The van der Waals surface area contributed by atoms with Gasteiger partial charge in [0.1, 0.15) is 10.6 Å². The summed E-state index contributed by atoms with van der Waals surface area (Å²) in [6.07, 6.45) is -0.0521. The lowest BCUT2D eigenvalue weighted by Crippen LogP contribution is -2.43. The van der Waals surface area contributed by atoms with E-state index in [-0.39, 0.29) is 27.8 Å². The monoisotopic (exact) mass is 505 g/mol. The number of hydrogen-bond donors (Lipinski definition) is 1. The number of methoxy groups -OCH3 is 1. The molecule has 1 aromatic heterocycles. The van der Waals surface area contributed by atoms with E-state index >= 15 is 0 Å². The van der Waals surface area contributed by atoms with Gasteiger partial charge in [-0.3, -0.25) is 9.59 Å². The SMILES string of the molecule is COc1ccc(S(=O)(=O)C2Cc3ccccc3N(C(=O)c3sccc3Cl)CC2C(=O)O)cc1. The molecule has 2 atom stereocenters. The Hall–Kier alpha value is -2.88. The number of hydrogen-bond acceptors (Lipinski definition) is 6. The summed E-state index contributed by atoms with van der Waals surface area (Å²) < 4.78 is 32.3. The van der Waals surface area contributed by atoms with Gasteiger partial charge in [-0.05, 0) is 53.8 Å². The predicted octanol–water partition coefficient (Wildman–Crippen LogP) is 4.16. The second-order valence-corrected chi connectivity index (χ2v) is 11.0. The molecule has 0 fully saturated rings. The van der Waals surface area contributed by atoms with Crippen LogP contribution in [0, 0.1) is 5.92 Å². The van der Waals surface area contributed by atoms with E-state index in [1.54, 1.807) is 35.7 Å². The number of aliphatic carboxylic acids is 1. The molecular formula is C23H20ClNO6S2. The van der Waals surface area contributed by atoms with Gasteiger partial charge in [-0.2, -0.15) is 0 Å². The number of carbonyl (C=O) groups excluding carboxylic acids is 1. The highest BCUT2D eigenvalue weighted by Crippen LogP contribution is 2.36. The molecule has 33 heavy (non-hydrogen) atoms. The second kappa shape index (κ2) is 9.17. The van der Waals surface area contributed by atoms with Gasteiger partial charge in [0.15, 0.2) is 9.84 Å². The van der Waals surface area contributed by atoms with Crippen molar-refractivity contribution in [2.75, 3.05) is 18.6 Å². The minimum absolute atomic E-state index is 0.00175. The highest BCUT2D eigenvalue weighted by atomic mass is 35.5. The van der Waals surface area contributed by atoms with Crippen LogP contribution < -0.4 is 9.64 Å². The van der Waals surface area contributed by atoms with E-state index in [9.17, 15) is 23.1 Å². The first kappa shape index (κ1) is 23.3. The smallest absolute Gasteiger partial charge is 0.309 e. The van der Waals surface area contributed by atoms with Crippen molar-refractivity contribution in [3.05, 3.63) is 75.4 Å². The molecule has 10 heteroatoms. The molecule has 2 heterocycles. The molecular weight excluding hydrogens is 486 g/mol. The van der Waals surface area contributed by atoms with Crippen LogP contribution in [-0.4, -0.2) is 44.3 Å². The molecule has 3 aromatic rings. The Kier molecular flexibility index (Phi) is 6.47. The number of amides is 1. The summed E-state index contributed by atoms with van der Waals surface area (Å²) in [5, 5.41) is 10.7. The molecule has 4 rings (SSSR count). The Morgan fingerprint density at radius 3 is 2.42 bits per heavy atom. The Bertz CT molecular complexity index is 1300. The molecule has 1 amide bonds. The first-order valence-corrected chi connectivity index (χ1v) is 12.8. The van der Waals surface area contributed by atoms with Crippen molar-refractivity contribution in [1.29, 1.82) is 0 Å². The zero-order chi connectivity index (χ0) is 23.8. The topological polar surface area (TPSA) is 101 Å². The van der Waals surface area contributed by atoms with Crippen LogP contribution in [0.2, 0.25) is 5.02 Å². The van der Waals surface area contributed by atoms with Gasteiger partial charge in [0, 0.05) is 12.2 Å². The molecule has 0 bridgehead atoms. The van der Waals surface area contributed by atoms with Crippen molar-refractivity contribution < 1.29 is 27.9 Å². The quantitative estimate of drug-likeness (QED) is 0.559. The van der Waals surface area contributed by atoms with Crippen LogP contribution >= 0.6 is 22.9 Å². The number of carboxylic acids is 1. The van der Waals surface area contributed by atoms with Crippen LogP contribution in [0.1, 0.15) is 15.2 Å². The number of nitrogens with zero attached hydrogens (tertiary/aromatic N) is 1. The van der Waals surface area contributed by atoms with Gasteiger partial charge >= 0.3 is 5.97 Å². The maximum atomic E-state index is 13.6. The van der Waals surface area contributed by atoms with Crippen LogP contribution in [0.25, 0.3) is 0 Å². The predicted molar refractivity (Wildman–Crippen MR) is 126 cm³/mol. The molecule has 2 aromatic carbocycles. The maximum Gasteiger partial charge on any atom is 0.309 e. The van der Waals surface area contributed by atoms with Crippen LogP contribution in [0.5, 0.6) is 5.75 Å². The average molecular weight is 506 g/mol. The highest BCUT2D eigenvalue weighted by Gasteiger charge is 2.44. The van der Waals surface area contributed by atoms with E-state index in [1.807, 2.05) is 0 Å². The number of thiophene rings is 1. The summed E-state index contributed by atoms with van der Waals surface area (Å²) in [4.78, 5) is 27.3. The fourth-order valence-electron chi connectivity index (χ4n) is 3.98. The summed E-state index contributed by atoms with van der Waals surface area (Å²) in [5.74, 6) is -2.62. The molecule has 1 aliphatic heterocycles. The van der Waals surface area contributed by atoms with Gasteiger partial charge in [-0.25, -0.2) is 8.42 Å². The Morgan fingerprint density at radius 2 is 1.82 bits per heavy atom. The van der Waals surface area contributed by atoms with Gasteiger partial charge in [0.25, 0.3) is 5.91 Å². The number of anilines is 1. The van der Waals surface area contributed by atoms with Crippen LogP contribution in [0.4, 0.5) is 5.69 Å². The zero-order valence-electron chi connectivity index (χ0n) is 17.5. The Labute approximate surface area is 200 Å². The van der Waals surface area contributed by atoms with Gasteiger partial charge in [0.2, 0.25) is 0 Å². The van der Waals surface area contributed by atoms with Gasteiger partial charge in [-0.15, -0.1) is 11.3 Å². The maximum absolute atomic E-state index is 13.6. The first-order chi connectivity index (χ1) is 15.7. The molecule has 1 aliphatic rings. The summed E-state index contributed by atoms with van der Waals surface area (Å²) in [7, 11) is -2.59. The molecule has 0 saturated heterocycles. The number of benzene rings is 2. The Balaban J connectivity index is 1.82. The number of sulfone groups is 1. The van der Waals surface area contributed by atoms with Crippen LogP contribution in [-0.2, 0) is 21.1 Å². The van der Waals surface area contributed by atoms with Gasteiger partial charge in [-0.1, -0.05) is 29.8 Å². The number of ether oxygens (including phenoxy) is 1. The third kappa shape index (κ3) is 4.36. The minimum Gasteiger partial charge on any atom is -0.497 e. The van der Waals surface area contributed by atoms with E-state index in [0.29, 0.717) is 17.0 Å². The number of para-hydroxylation sites is 1. The third-order valence-electron chi connectivity index (χ3n) is 5.69. The summed E-state index contributed by atoms with van der Waals surface area (Å²) in [6, 6.07) is 14.3. The molecule has 1 N–H and O–H groups in total. The highest BCUT2D eigenvalue weighted by molar-refractivity contribution is 7.92. The molecule has 2 unspecified atom stereocenters. The van der Waals surface area contributed by atoms with E-state index < -0.39 is 32.9 Å². The average Bonchev–Trinajstić information content (AvgIpc) is 3.15. The van der Waals surface area contributed by atoms with Crippen LogP contribution in [0.15, 0.2) is 64.9 Å². The Morgan fingerprint density at radius 1 is 1.12 bits per heavy atom. The number of halogens is 1. The summed E-state index contributed by atoms with van der Waals surface area (Å²) in [6.45, 7) is -0.306. The van der Waals surface area contributed by atoms with E-state index in [4.69, 9.17) is 16.3 Å². The second-order valence-electron chi connectivity index (χ2n) is 7.55. The molecule has 7 nitrogen and oxygen atoms in total. The van der Waals surface area contributed by atoms with Crippen molar-refractivity contribution in [2.24, 2.45) is 5.92 Å². The molecule has 172 valence electrons. The molecule has 0 spiro atoms. The fourth-order valence-corrected chi connectivity index (χ4v) is 6.97. The molecule has 0 saturated carbocycles. The summed E-state index contributed by atoms with van der Waals surface area (Å²) in [5.41, 5.74) is 1.05. The van der Waals surface area contributed by atoms with E-state index in [0.717, 1.165) is 11.3 Å². The first-order valence-electron chi connectivity index (χ1n) is 9.97. The van der Waals surface area contributed by atoms with Crippen molar-refractivity contribution in [3.63, 3.8) is 0 Å². The van der Waals surface area contributed by atoms with Crippen molar-refractivity contribution in [3.8, 4) is 5.75 Å². The number of rotatable bonds is 5. The molecule has 0 aliphatic carbocycles. The fraction of sp³-hybridized carbons (Fsp3) is 0.217. The lowest BCUT2D eigenvalue weighted by atomic mass is 10.0. The van der Waals surface area contributed by atoms with Crippen molar-refractivity contribution in [1.82, 2.24) is 0 Å². The summed E-state index contributed by atoms with van der Waals surface area (Å²) >= 11 is 7.32. The van der Waals surface area contributed by atoms with Crippen LogP contribution in [0.3, 0.4) is 0 Å². The van der Waals surface area contributed by atoms with Gasteiger partial charge in [0.05, 0.1) is 28.2 Å². The number of carbonyl (C=O) groups is 2. The number of fused-ring (bicyclic) bond motifs is 1. The van der Waals surface area contributed by atoms with Crippen molar-refractivity contribution in [2.45, 2.75) is 16.6 Å². The lowest BCUT2D eigenvalue weighted by molar-refractivity contribution is -0.141. The standard InChI is InChI=1S/C23H20ClNO6S2/c1-31-15-6-8-16(9-7-15)33(29,30)20-12-14-4-2-3-5-19(14)25(13-17(20)23(27)28)22(26)21-18(24)10-11-32-21/h2-11,17,20H,12-13H2,1H3,(H,27,28). The largest absolute Gasteiger partial charge is 0.497 e. The molecule has 0 radical (unpaired) electrons. The number of carboxylic acid groups (broad SMARTS) is 1. The van der Waals surface area contributed by atoms with E-state index in [2.05, 4.69) is 0 Å². The third-order valence-corrected chi connectivity index (χ3v) is 9.24. The lowest BCUT2D eigenvalue weighted by Gasteiger charge is -2.26. The minimum atomic E-state index is -4.06. The van der Waals surface area contributed by atoms with Crippen molar-refractivity contribution >= 4 is 50.3 Å². The normalized spacial score (nSPS) is 18.3. The zero-order valence-corrected chi connectivity index (χ0v) is 19.9. The van der Waals surface area contributed by atoms with E-state index in [1.165, 1.54) is 36.3 Å².